The highest BCUT2D eigenvalue weighted by Gasteiger charge is 2.22. The maximum absolute atomic E-state index is 5.80. The molecule has 2 N–H and O–H groups in total. The van der Waals surface area contributed by atoms with Crippen LogP contribution in [0, 0.1) is 20.8 Å². The Bertz CT molecular complexity index is 1630. The Hall–Kier alpha value is -4.13. The molecule has 0 unspecified atom stereocenters. The number of aromatic nitrogens is 5. The van der Waals surface area contributed by atoms with Gasteiger partial charge in [-0.2, -0.15) is 5.10 Å². The number of nitrogens with zero attached hydrogens (tertiary/aromatic N) is 3. The predicted molar refractivity (Wildman–Crippen MR) is 125 cm³/mol. The number of H-pyrrole nitrogens is 2. The second kappa shape index (κ2) is 6.68. The van der Waals surface area contributed by atoms with E-state index in [1.807, 2.05) is 26.0 Å². The van der Waals surface area contributed by atoms with Crippen LogP contribution in [0.3, 0.4) is 0 Å². The highest BCUT2D eigenvalue weighted by atomic mass is 16.5. The van der Waals surface area contributed by atoms with Crippen molar-refractivity contribution in [2.24, 2.45) is 0 Å². The standard InChI is InChI=1S/C25H21N5O2/c1-12-23(15-7-5-6-8-18(15)27-12)25-24-16-10-21(31-4)17(22-13(2)30-32-14(22)3)9-19(16)28-20(24)11-26-29-25/h5-11,27-28H,1-4H3. The van der Waals surface area contributed by atoms with Crippen LogP contribution in [0.2, 0.25) is 0 Å². The van der Waals surface area contributed by atoms with Crippen LogP contribution in [-0.2, 0) is 0 Å². The molecule has 0 aliphatic heterocycles. The molecule has 4 heterocycles. The molecule has 7 heteroatoms. The van der Waals surface area contributed by atoms with Crippen LogP contribution in [0.25, 0.3) is 55.1 Å². The van der Waals surface area contributed by atoms with Crippen LogP contribution in [0.15, 0.2) is 47.1 Å². The van der Waals surface area contributed by atoms with Crippen molar-refractivity contribution in [3.8, 4) is 28.1 Å². The van der Waals surface area contributed by atoms with Crippen LogP contribution in [-0.4, -0.2) is 32.4 Å². The van der Waals surface area contributed by atoms with E-state index >= 15 is 0 Å². The second-order valence-electron chi connectivity index (χ2n) is 8.07. The summed E-state index contributed by atoms with van der Waals surface area (Å²) in [6.45, 7) is 5.92. The summed E-state index contributed by atoms with van der Waals surface area (Å²) < 4.78 is 11.2. The minimum atomic E-state index is 0.756. The number of methoxy groups -OCH3 is 1. The van der Waals surface area contributed by atoms with E-state index in [0.29, 0.717) is 0 Å². The first-order valence-electron chi connectivity index (χ1n) is 10.4. The molecular weight excluding hydrogens is 402 g/mol. The number of fused-ring (bicyclic) bond motifs is 4. The number of para-hydroxylation sites is 1. The fraction of sp³-hybridized carbons (Fsp3) is 0.160. The van der Waals surface area contributed by atoms with Gasteiger partial charge in [0.25, 0.3) is 0 Å². The Morgan fingerprint density at radius 1 is 0.906 bits per heavy atom. The van der Waals surface area contributed by atoms with Crippen LogP contribution < -0.4 is 4.74 Å². The van der Waals surface area contributed by atoms with Crippen LogP contribution >= 0.6 is 0 Å². The summed E-state index contributed by atoms with van der Waals surface area (Å²) in [6, 6.07) is 12.4. The summed E-state index contributed by atoms with van der Waals surface area (Å²) in [7, 11) is 1.68. The molecule has 0 aliphatic carbocycles. The van der Waals surface area contributed by atoms with Crippen molar-refractivity contribution < 1.29 is 9.26 Å². The Labute approximate surface area is 183 Å². The van der Waals surface area contributed by atoms with Gasteiger partial charge >= 0.3 is 0 Å². The average molecular weight is 423 g/mol. The lowest BCUT2D eigenvalue weighted by atomic mass is 9.99. The Kier molecular flexibility index (Phi) is 3.89. The first kappa shape index (κ1) is 18.6. The molecule has 0 saturated carbocycles. The summed E-state index contributed by atoms with van der Waals surface area (Å²) >= 11 is 0. The molecule has 0 radical (unpaired) electrons. The first-order chi connectivity index (χ1) is 15.6. The van der Waals surface area contributed by atoms with E-state index in [4.69, 9.17) is 9.26 Å². The van der Waals surface area contributed by atoms with Crippen molar-refractivity contribution in [3.63, 3.8) is 0 Å². The summed E-state index contributed by atoms with van der Waals surface area (Å²) in [5.74, 6) is 1.51. The zero-order valence-corrected chi connectivity index (χ0v) is 18.2. The number of ether oxygens (including phenoxy) is 1. The molecule has 0 saturated heterocycles. The largest absolute Gasteiger partial charge is 0.496 e. The molecule has 4 aromatic heterocycles. The zero-order chi connectivity index (χ0) is 22.0. The summed E-state index contributed by atoms with van der Waals surface area (Å²) in [5.41, 5.74) is 8.66. The van der Waals surface area contributed by atoms with Crippen molar-refractivity contribution in [2.75, 3.05) is 7.11 Å². The summed E-state index contributed by atoms with van der Waals surface area (Å²) in [4.78, 5) is 6.99. The van der Waals surface area contributed by atoms with Crippen LogP contribution in [0.1, 0.15) is 17.1 Å². The van der Waals surface area contributed by atoms with Gasteiger partial charge in [0.15, 0.2) is 0 Å². The molecule has 0 aliphatic rings. The van der Waals surface area contributed by atoms with Gasteiger partial charge in [-0.1, -0.05) is 23.4 Å². The molecule has 158 valence electrons. The van der Waals surface area contributed by atoms with Gasteiger partial charge in [-0.15, -0.1) is 5.10 Å². The molecule has 0 atom stereocenters. The Balaban J connectivity index is 1.70. The third-order valence-electron chi connectivity index (χ3n) is 6.16. The van der Waals surface area contributed by atoms with E-state index in [1.165, 1.54) is 0 Å². The van der Waals surface area contributed by atoms with Gasteiger partial charge in [0, 0.05) is 44.0 Å². The van der Waals surface area contributed by atoms with E-state index in [0.717, 1.165) is 78.0 Å². The number of hydrogen-bond donors (Lipinski definition) is 2. The van der Waals surface area contributed by atoms with Gasteiger partial charge in [0.2, 0.25) is 0 Å². The molecule has 0 amide bonds. The monoisotopic (exact) mass is 423 g/mol. The Morgan fingerprint density at radius 3 is 2.53 bits per heavy atom. The lowest BCUT2D eigenvalue weighted by Crippen LogP contribution is -1.91. The van der Waals surface area contributed by atoms with E-state index in [1.54, 1.807) is 13.3 Å². The van der Waals surface area contributed by atoms with Crippen LogP contribution in [0.4, 0.5) is 0 Å². The molecule has 0 fully saturated rings. The first-order valence-corrected chi connectivity index (χ1v) is 10.4. The van der Waals surface area contributed by atoms with Gasteiger partial charge < -0.3 is 19.2 Å². The number of nitrogens with one attached hydrogen (secondary N) is 2. The van der Waals surface area contributed by atoms with Crippen molar-refractivity contribution in [2.45, 2.75) is 20.8 Å². The van der Waals surface area contributed by atoms with Crippen molar-refractivity contribution in [1.29, 1.82) is 0 Å². The fourth-order valence-corrected chi connectivity index (χ4v) is 4.78. The summed E-state index contributed by atoms with van der Waals surface area (Å²) in [5, 5.41) is 16.2. The van der Waals surface area contributed by atoms with Gasteiger partial charge in [0.05, 0.1) is 30.1 Å². The number of benzene rings is 2. The van der Waals surface area contributed by atoms with Crippen molar-refractivity contribution in [3.05, 3.63) is 59.7 Å². The number of aromatic amines is 2. The van der Waals surface area contributed by atoms with E-state index in [9.17, 15) is 0 Å². The Morgan fingerprint density at radius 2 is 1.75 bits per heavy atom. The molecule has 2 aromatic carbocycles. The molecule has 6 aromatic rings. The van der Waals surface area contributed by atoms with E-state index < -0.39 is 0 Å². The van der Waals surface area contributed by atoms with Crippen molar-refractivity contribution in [1.82, 2.24) is 25.3 Å². The minimum Gasteiger partial charge on any atom is -0.496 e. The molecule has 32 heavy (non-hydrogen) atoms. The highest BCUT2D eigenvalue weighted by Crippen LogP contribution is 2.42. The molecule has 0 bridgehead atoms. The maximum atomic E-state index is 5.80. The molecule has 0 spiro atoms. The summed E-state index contributed by atoms with van der Waals surface area (Å²) in [6.07, 6.45) is 1.77. The molecule has 7 nitrogen and oxygen atoms in total. The number of hydrogen-bond acceptors (Lipinski definition) is 5. The molecule has 6 rings (SSSR count). The predicted octanol–water partition coefficient (Wildman–Crippen LogP) is 5.85. The quantitative estimate of drug-likeness (QED) is 0.373. The van der Waals surface area contributed by atoms with E-state index in [2.05, 4.69) is 56.5 Å². The zero-order valence-electron chi connectivity index (χ0n) is 18.2. The lowest BCUT2D eigenvalue weighted by Gasteiger charge is -2.09. The van der Waals surface area contributed by atoms with Gasteiger partial charge in [0.1, 0.15) is 17.2 Å². The minimum absolute atomic E-state index is 0.756. The maximum Gasteiger partial charge on any atom is 0.141 e. The SMILES string of the molecule is COc1cc2c(cc1-c1c(C)noc1C)[nH]c1cnnc(-c3c(C)[nH]c4ccccc34)c12. The van der Waals surface area contributed by atoms with Gasteiger partial charge in [-0.25, -0.2) is 0 Å². The van der Waals surface area contributed by atoms with Crippen molar-refractivity contribution >= 4 is 32.7 Å². The van der Waals surface area contributed by atoms with Gasteiger partial charge in [-0.05, 0) is 39.0 Å². The number of aryl methyl sites for hydroxylation is 3. The lowest BCUT2D eigenvalue weighted by molar-refractivity contribution is 0.393. The third kappa shape index (κ3) is 2.51. The normalized spacial score (nSPS) is 11.8. The second-order valence-corrected chi connectivity index (χ2v) is 8.07. The highest BCUT2D eigenvalue weighted by molar-refractivity contribution is 6.16. The van der Waals surface area contributed by atoms with Gasteiger partial charge in [-0.3, -0.25) is 0 Å². The average Bonchev–Trinajstić information content (AvgIpc) is 3.44. The molecular formula is C25H21N5O2. The smallest absolute Gasteiger partial charge is 0.141 e. The van der Waals surface area contributed by atoms with Crippen LogP contribution in [0.5, 0.6) is 5.75 Å². The topological polar surface area (TPSA) is 92.6 Å². The van der Waals surface area contributed by atoms with E-state index in [-0.39, 0.29) is 0 Å². The number of rotatable bonds is 3. The third-order valence-corrected chi connectivity index (χ3v) is 6.16. The fourth-order valence-electron chi connectivity index (χ4n) is 4.78.